The van der Waals surface area contributed by atoms with E-state index in [1.807, 2.05) is 249 Å². The second-order valence-corrected chi connectivity index (χ2v) is 21.3. The Morgan fingerprint density at radius 2 is 0.756 bits per heavy atom. The van der Waals surface area contributed by atoms with Crippen molar-refractivity contribution in [2.24, 2.45) is 39.3 Å². The summed E-state index contributed by atoms with van der Waals surface area (Å²) in [5.74, 6) is 0. The van der Waals surface area contributed by atoms with Gasteiger partial charge in [-0.2, -0.15) is 78.9 Å². The number of fused-ring (bicyclic) bond motifs is 5. The summed E-state index contributed by atoms with van der Waals surface area (Å²) in [6, 6.07) is 88.0. The van der Waals surface area contributed by atoms with Gasteiger partial charge in [0.15, 0.2) is 0 Å². The number of para-hydroxylation sites is 8. The van der Waals surface area contributed by atoms with Crippen LogP contribution >= 0.6 is 0 Å². The van der Waals surface area contributed by atoms with Gasteiger partial charge in [0.25, 0.3) is 0 Å². The van der Waals surface area contributed by atoms with Crippen LogP contribution in [0, 0.1) is 51.1 Å². The summed E-state index contributed by atoms with van der Waals surface area (Å²) in [7, 11) is 3.93. The van der Waals surface area contributed by atoms with E-state index in [4.69, 9.17) is 38.6 Å². The molecule has 0 saturated heterocycles. The van der Waals surface area contributed by atoms with Crippen LogP contribution in [0.2, 0.25) is 0 Å². The fourth-order valence-corrected chi connectivity index (χ4v) is 7.80. The third-order valence-electron chi connectivity index (χ3n) is 13.1. The second-order valence-electron chi connectivity index (χ2n) is 21.3. The molecule has 0 spiro atoms. The smallest absolute Gasteiger partial charge is 0.911 e. The molecule has 0 unspecified atom stereocenters. The van der Waals surface area contributed by atoms with Gasteiger partial charge in [-0.3, -0.25) is 59.7 Å². The number of imidazole rings is 2. The van der Waals surface area contributed by atoms with Crippen molar-refractivity contribution in [3.63, 3.8) is 0 Å². The van der Waals surface area contributed by atoms with Crippen molar-refractivity contribution in [3.8, 4) is 0 Å². The first-order valence-corrected chi connectivity index (χ1v) is 35.3. The molecule has 0 bridgehead atoms. The summed E-state index contributed by atoms with van der Waals surface area (Å²) in [5, 5.41) is 24.7. The first kappa shape index (κ1) is 132. The number of allylic oxidation sites excluding steroid dienone is 3. The van der Waals surface area contributed by atoms with E-state index in [9.17, 15) is 0 Å². The van der Waals surface area contributed by atoms with Crippen LogP contribution < -0.4 is 360 Å². The van der Waals surface area contributed by atoms with Crippen LogP contribution in [-0.4, -0.2) is 124 Å². The summed E-state index contributed by atoms with van der Waals surface area (Å²) in [5.41, 5.74) is 8.51. The minimum absolute atomic E-state index is 0. The molecule has 0 aliphatic carbocycles. The molecule has 0 aliphatic heterocycles. The number of rotatable bonds is 7. The van der Waals surface area contributed by atoms with Crippen LogP contribution in [0.5, 0.6) is 0 Å². The van der Waals surface area contributed by atoms with E-state index in [0.717, 1.165) is 57.0 Å². The van der Waals surface area contributed by atoms with Crippen LogP contribution in [-0.2, 0) is 14.1 Å². The number of aryl methyl sites for hydroxylation is 2. The van der Waals surface area contributed by atoms with Gasteiger partial charge in [0.1, 0.15) is 12.7 Å². The molecule has 18 rings (SSSR count). The van der Waals surface area contributed by atoms with Gasteiger partial charge in [0.2, 0.25) is 0 Å². The van der Waals surface area contributed by atoms with Crippen LogP contribution in [0.15, 0.2) is 435 Å². The Kier molecular flexibility index (Phi) is 104. The van der Waals surface area contributed by atoms with Gasteiger partial charge in [-0.15, -0.1) is 6.07 Å². The molecule has 8 aromatic carbocycles. The molecular weight excluding hydrogens is 1760 g/mol. The van der Waals surface area contributed by atoms with Crippen LogP contribution in [0.4, 0.5) is 11.4 Å². The quantitative estimate of drug-likeness (QED) is 0.0592. The number of aromatic nitrogens is 17. The van der Waals surface area contributed by atoms with Crippen LogP contribution in [0.1, 0.15) is 5.56 Å². The monoisotopic (exact) mass is 1840 g/mol. The van der Waals surface area contributed by atoms with E-state index in [1.54, 1.807) is 124 Å². The Morgan fingerprint density at radius 1 is 0.323 bits per heavy atom. The number of hydrogen-bond donors (Lipinski definition) is 0. The molecule has 10 aromatic heterocycles. The minimum Gasteiger partial charge on any atom is -0.911 e. The van der Waals surface area contributed by atoms with E-state index in [0.29, 0.717) is 11.4 Å². The van der Waals surface area contributed by atoms with Crippen molar-refractivity contribution in [2.75, 3.05) is 0 Å². The molecule has 18 aromatic rings. The van der Waals surface area contributed by atoms with Crippen molar-refractivity contribution >= 4 is 112 Å². The van der Waals surface area contributed by atoms with E-state index < -0.39 is 0 Å². The molecule has 23 nitrogen and oxygen atoms in total. The molecule has 127 heavy (non-hydrogen) atoms. The number of hydrogen-bond acceptors (Lipinski definition) is 20. The van der Waals surface area contributed by atoms with E-state index in [1.165, 1.54) is 46.2 Å². The van der Waals surface area contributed by atoms with Gasteiger partial charge in [-0.25, -0.2) is 65.5 Å². The Balaban J connectivity index is -0.000000308. The van der Waals surface area contributed by atoms with Gasteiger partial charge in [0, 0.05) is 136 Å². The van der Waals surface area contributed by atoms with Gasteiger partial charge >= 0.3 is 360 Å². The van der Waals surface area contributed by atoms with Gasteiger partial charge in [-0.1, -0.05) is 97.1 Å². The molecule has 0 saturated carbocycles. The standard InChI is InChI=1S/2C9H7N.C8H8N2.2C8H6N2.C8H6.2C7H5N.C5H5N.C4H6N2.3C4H4N2.C4H4.2C3H3N.C2H2N2.7K/c1-2-6-9-8(4-1)5-3-7-10-9;1-2-4-9-7-10-6-5-8(9)3-1;1-10-6-9-7-4-2-3-5-8(7)10;1-2-4-8-7(3-1)5-9-6-10-8;1-2-4-8-7(3-1)9-5-6-10-8;1-2-8-6-4-3-5-7-8;2*1-8-7-5-3-2-4-6-7;1-2-4-6-5-3-1;1-6-3-2-5-4-6;1-2-6-4-3-5-1;1-2-5-4-6-3-1;1-2-4-6-5-3-1;2*1-3-4-2;1-2-3-4;1-3-4-2;;;;;;;/h2*1-7H;2-6H,1H3;2*1-6H;1-6H;2*1-5H;1-5H;2-4H,1H3;3*1-4H;1-4H;2*1-3H;1-2H;;;;;;;/q;;;;;3*-2;;;;;;4*-2;7*+1. The Morgan fingerprint density at radius 3 is 1.09 bits per heavy atom. The Hall–Kier alpha value is -5.50. The average molecular weight is 1850 g/mol. The first-order valence-electron chi connectivity index (χ1n) is 35.3. The van der Waals surface area contributed by atoms with Crippen LogP contribution in [0.3, 0.4) is 0 Å². The van der Waals surface area contributed by atoms with Gasteiger partial charge in [-0.05, 0) is 89.6 Å². The topological polar surface area (TPSA) is 287 Å². The molecule has 0 radical (unpaired) electrons. The number of aliphatic imine (C=N–C) groups is 3. The van der Waals surface area contributed by atoms with Crippen LogP contribution in [0.25, 0.3) is 66.1 Å². The molecular formula is C97H85K7N23-7. The molecule has 0 N–H and O–H groups in total. The maximum absolute atomic E-state index is 7.57. The Labute approximate surface area is 1050 Å². The van der Waals surface area contributed by atoms with Crippen molar-refractivity contribution < 1.29 is 360 Å². The molecule has 10 heterocycles. The van der Waals surface area contributed by atoms with Crippen molar-refractivity contribution in [1.82, 2.24) is 84.1 Å². The summed E-state index contributed by atoms with van der Waals surface area (Å²) < 4.78 is 3.90. The number of pyridine rings is 3. The van der Waals surface area contributed by atoms with Crippen molar-refractivity contribution in [3.05, 3.63) is 472 Å². The summed E-state index contributed by atoms with van der Waals surface area (Å²) in [4.78, 5) is 60.7. The molecule has 0 fully saturated rings. The van der Waals surface area contributed by atoms with Crippen molar-refractivity contribution in [1.29, 1.82) is 0 Å². The zero-order valence-electron chi connectivity index (χ0n) is 72.9. The molecule has 0 aliphatic rings. The number of benzene rings is 8. The molecule has 0 amide bonds. The normalized spacial score (nSPS) is 8.14. The first-order chi connectivity index (χ1) is 59.1. The van der Waals surface area contributed by atoms with Gasteiger partial charge in [0.05, 0.1) is 45.8 Å². The van der Waals surface area contributed by atoms with E-state index in [-0.39, 0.29) is 360 Å². The third kappa shape index (κ3) is 73.7. The fourth-order valence-electron chi connectivity index (χ4n) is 7.80. The fraction of sp³-hybridized carbons (Fsp3) is 0.0206. The SMILES string of the molecule is Cn1ccnc1.Cn1cnc2ccccc21.[CH-]=CC=[CH-].[CH-]=CC=[N-].[CH-]=CN=[CH-].[CH-]=Cc1[c-]cccc1.[CH-]=NN=[CH-].[CH-]=Nc1[c-]cccc1.[CH-]=Nc1[c-]cccc1.[K+].[K+].[K+].[K+].[K+].[K+].[K+].c1ccc2cnccc2c1.c1ccc2ncccc2c1.c1ccc2nccnc2c1.c1ccc2ncncc2c1.c1ccncc1.c1ccnnc1.c1cnccn1.c1cncnc1. The largest absolute Gasteiger partial charge is 1.00 e. The van der Waals surface area contributed by atoms with Crippen molar-refractivity contribution in [2.45, 2.75) is 0 Å². The summed E-state index contributed by atoms with van der Waals surface area (Å²) in [6.45, 7) is 46.9. The van der Waals surface area contributed by atoms with E-state index >= 15 is 0 Å². The minimum atomic E-state index is 0. The molecule has 602 valence electrons. The Bertz CT molecular complexity index is 4630. The maximum atomic E-state index is 7.57. The van der Waals surface area contributed by atoms with E-state index in [2.05, 4.69) is 182 Å². The maximum Gasteiger partial charge on any atom is 1.00 e. The zero-order valence-corrected chi connectivity index (χ0v) is 94.8. The zero-order chi connectivity index (χ0) is 86.7. The number of nitrogens with zero attached hydrogens (tertiary/aromatic N) is 23. The summed E-state index contributed by atoms with van der Waals surface area (Å²) in [6.07, 6.45) is 44.6. The predicted molar refractivity (Wildman–Crippen MR) is 488 cm³/mol. The molecule has 30 heteroatoms. The third-order valence-corrected chi connectivity index (χ3v) is 13.1. The summed E-state index contributed by atoms with van der Waals surface area (Å²) >= 11 is 0. The predicted octanol–water partition coefficient (Wildman–Crippen LogP) is -1.27. The average Bonchev–Trinajstić information content (AvgIpc) is 1.82. The van der Waals surface area contributed by atoms with Gasteiger partial charge < -0.3 is 116 Å². The molecule has 0 atom stereocenters. The second kappa shape index (κ2) is 99.5.